The van der Waals surface area contributed by atoms with E-state index in [4.69, 9.17) is 0 Å². The van der Waals surface area contributed by atoms with Gasteiger partial charge in [0.15, 0.2) is 0 Å². The van der Waals surface area contributed by atoms with E-state index in [1.54, 1.807) is 37.2 Å². The standard InChI is InChI=1S/C12H15N5O2/c1-8-4-10(11(18)16(2)6-8)15-12(19)14-9-5-13-17(3)7-9/h4-7H,1-3H3,(H2,14,15,19). The zero-order valence-electron chi connectivity index (χ0n) is 11.0. The Morgan fingerprint density at radius 1 is 1.26 bits per heavy atom. The van der Waals surface area contributed by atoms with Crippen LogP contribution in [0.3, 0.4) is 0 Å². The fourth-order valence-electron chi connectivity index (χ4n) is 1.74. The second-order valence-electron chi connectivity index (χ2n) is 4.33. The van der Waals surface area contributed by atoms with Gasteiger partial charge < -0.3 is 15.2 Å². The number of nitrogens with one attached hydrogen (secondary N) is 2. The maximum atomic E-state index is 11.8. The second kappa shape index (κ2) is 4.97. The summed E-state index contributed by atoms with van der Waals surface area (Å²) in [7, 11) is 3.39. The lowest BCUT2D eigenvalue weighted by Crippen LogP contribution is -2.27. The van der Waals surface area contributed by atoms with Gasteiger partial charge in [0.25, 0.3) is 5.56 Å². The molecule has 0 saturated heterocycles. The number of nitrogens with zero attached hydrogens (tertiary/aromatic N) is 3. The van der Waals surface area contributed by atoms with Crippen LogP contribution in [0.25, 0.3) is 0 Å². The van der Waals surface area contributed by atoms with Crippen LogP contribution in [-0.2, 0) is 14.1 Å². The average molecular weight is 261 g/mol. The van der Waals surface area contributed by atoms with E-state index >= 15 is 0 Å². The topological polar surface area (TPSA) is 81.0 Å². The van der Waals surface area contributed by atoms with Gasteiger partial charge >= 0.3 is 6.03 Å². The van der Waals surface area contributed by atoms with E-state index in [1.165, 1.54) is 10.8 Å². The number of carbonyl (C=O) groups is 1. The summed E-state index contributed by atoms with van der Waals surface area (Å²) in [6.45, 7) is 1.85. The Kier molecular flexibility index (Phi) is 3.37. The maximum absolute atomic E-state index is 11.8. The van der Waals surface area contributed by atoms with Gasteiger partial charge in [-0.15, -0.1) is 0 Å². The Balaban J connectivity index is 2.13. The smallest absolute Gasteiger partial charge is 0.317 e. The van der Waals surface area contributed by atoms with E-state index in [1.807, 2.05) is 6.92 Å². The Bertz CT molecular complexity index is 671. The van der Waals surface area contributed by atoms with Gasteiger partial charge in [0.1, 0.15) is 5.69 Å². The van der Waals surface area contributed by atoms with Crippen LogP contribution < -0.4 is 16.2 Å². The molecular weight excluding hydrogens is 246 g/mol. The molecule has 0 unspecified atom stereocenters. The summed E-state index contributed by atoms with van der Waals surface area (Å²) in [6.07, 6.45) is 4.88. The number of urea groups is 1. The first-order valence-electron chi connectivity index (χ1n) is 5.69. The van der Waals surface area contributed by atoms with Gasteiger partial charge in [-0.3, -0.25) is 9.48 Å². The van der Waals surface area contributed by atoms with Crippen molar-refractivity contribution in [3.05, 3.63) is 40.6 Å². The molecular formula is C12H15N5O2. The lowest BCUT2D eigenvalue weighted by Gasteiger charge is -2.08. The van der Waals surface area contributed by atoms with E-state index < -0.39 is 6.03 Å². The third-order valence-corrected chi connectivity index (χ3v) is 2.53. The summed E-state index contributed by atoms with van der Waals surface area (Å²) in [4.78, 5) is 23.6. The molecule has 2 amide bonds. The molecule has 2 aromatic rings. The highest BCUT2D eigenvalue weighted by Crippen LogP contribution is 2.06. The van der Waals surface area contributed by atoms with Crippen molar-refractivity contribution in [3.63, 3.8) is 0 Å². The summed E-state index contributed by atoms with van der Waals surface area (Å²) in [6, 6.07) is 1.15. The molecule has 2 heterocycles. The summed E-state index contributed by atoms with van der Waals surface area (Å²) in [5.41, 5.74) is 1.43. The number of anilines is 2. The second-order valence-corrected chi connectivity index (χ2v) is 4.33. The number of carbonyl (C=O) groups excluding carboxylic acids is 1. The highest BCUT2D eigenvalue weighted by Gasteiger charge is 2.08. The number of pyridine rings is 1. The minimum absolute atomic E-state index is 0.240. The predicted octanol–water partition coefficient (Wildman–Crippen LogP) is 1.07. The van der Waals surface area contributed by atoms with Gasteiger partial charge in [0.05, 0.1) is 11.9 Å². The van der Waals surface area contributed by atoms with Crippen LogP contribution >= 0.6 is 0 Å². The largest absolute Gasteiger partial charge is 0.323 e. The Morgan fingerprint density at radius 3 is 2.63 bits per heavy atom. The van der Waals surface area contributed by atoms with Crippen LogP contribution in [0.15, 0.2) is 29.5 Å². The van der Waals surface area contributed by atoms with Gasteiger partial charge in [-0.2, -0.15) is 5.10 Å². The molecule has 7 nitrogen and oxygen atoms in total. The molecule has 2 N–H and O–H groups in total. The monoisotopic (exact) mass is 261 g/mol. The number of hydrogen-bond donors (Lipinski definition) is 2. The Hall–Kier alpha value is -2.57. The Labute approximate surface area is 109 Å². The first-order valence-corrected chi connectivity index (χ1v) is 5.69. The highest BCUT2D eigenvalue weighted by atomic mass is 16.2. The van der Waals surface area contributed by atoms with Crippen molar-refractivity contribution in [2.75, 3.05) is 10.6 Å². The predicted molar refractivity (Wildman–Crippen MR) is 72.3 cm³/mol. The molecule has 0 aromatic carbocycles. The molecule has 0 spiro atoms. The van der Waals surface area contributed by atoms with Gasteiger partial charge in [0.2, 0.25) is 0 Å². The van der Waals surface area contributed by atoms with Crippen molar-refractivity contribution in [1.29, 1.82) is 0 Å². The summed E-state index contributed by atoms with van der Waals surface area (Å²) >= 11 is 0. The van der Waals surface area contributed by atoms with E-state index in [9.17, 15) is 9.59 Å². The molecule has 0 bridgehead atoms. The van der Waals surface area contributed by atoms with E-state index in [0.29, 0.717) is 5.69 Å². The SMILES string of the molecule is Cc1cc(NC(=O)Nc2cnn(C)c2)c(=O)n(C)c1. The molecule has 0 aliphatic carbocycles. The number of aryl methyl sites for hydroxylation is 3. The lowest BCUT2D eigenvalue weighted by molar-refractivity contribution is 0.262. The van der Waals surface area contributed by atoms with E-state index in [0.717, 1.165) is 5.56 Å². The van der Waals surface area contributed by atoms with Crippen LogP contribution in [0.1, 0.15) is 5.56 Å². The zero-order chi connectivity index (χ0) is 14.0. The first-order chi connectivity index (χ1) is 8.95. The summed E-state index contributed by atoms with van der Waals surface area (Å²) < 4.78 is 3.00. The Morgan fingerprint density at radius 2 is 2.00 bits per heavy atom. The van der Waals surface area contributed by atoms with E-state index in [-0.39, 0.29) is 11.2 Å². The van der Waals surface area contributed by atoms with Crippen molar-refractivity contribution in [2.45, 2.75) is 6.92 Å². The molecule has 0 atom stereocenters. The minimum Gasteiger partial charge on any atom is -0.317 e. The molecule has 19 heavy (non-hydrogen) atoms. The van der Waals surface area contributed by atoms with Crippen molar-refractivity contribution < 1.29 is 4.79 Å². The fraction of sp³-hybridized carbons (Fsp3) is 0.250. The van der Waals surface area contributed by atoms with Crippen molar-refractivity contribution >= 4 is 17.4 Å². The van der Waals surface area contributed by atoms with Crippen LogP contribution in [0.5, 0.6) is 0 Å². The quantitative estimate of drug-likeness (QED) is 0.848. The lowest BCUT2D eigenvalue weighted by atomic mass is 10.3. The normalized spacial score (nSPS) is 10.3. The van der Waals surface area contributed by atoms with E-state index in [2.05, 4.69) is 15.7 Å². The van der Waals surface area contributed by atoms with Crippen LogP contribution in [0, 0.1) is 6.92 Å². The summed E-state index contributed by atoms with van der Waals surface area (Å²) in [5, 5.41) is 9.06. The number of hydrogen-bond acceptors (Lipinski definition) is 3. The van der Waals surface area contributed by atoms with Crippen LogP contribution in [0.2, 0.25) is 0 Å². The molecule has 0 radical (unpaired) electrons. The zero-order valence-corrected chi connectivity index (χ0v) is 11.0. The van der Waals surface area contributed by atoms with Gasteiger partial charge in [0, 0.05) is 26.5 Å². The molecule has 2 rings (SSSR count). The summed E-state index contributed by atoms with van der Waals surface area (Å²) in [5.74, 6) is 0. The van der Waals surface area contributed by atoms with Crippen molar-refractivity contribution in [3.8, 4) is 0 Å². The third kappa shape index (κ3) is 3.01. The van der Waals surface area contributed by atoms with Gasteiger partial charge in [-0.25, -0.2) is 4.79 Å². The molecule has 7 heteroatoms. The van der Waals surface area contributed by atoms with Gasteiger partial charge in [-0.1, -0.05) is 0 Å². The van der Waals surface area contributed by atoms with Crippen LogP contribution in [0.4, 0.5) is 16.2 Å². The highest BCUT2D eigenvalue weighted by molar-refractivity contribution is 5.99. The fourth-order valence-corrected chi connectivity index (χ4v) is 1.74. The van der Waals surface area contributed by atoms with Crippen molar-refractivity contribution in [1.82, 2.24) is 14.3 Å². The molecule has 0 saturated carbocycles. The molecule has 100 valence electrons. The average Bonchev–Trinajstić information content (AvgIpc) is 2.70. The van der Waals surface area contributed by atoms with Crippen molar-refractivity contribution in [2.24, 2.45) is 14.1 Å². The maximum Gasteiger partial charge on any atom is 0.323 e. The molecule has 0 fully saturated rings. The molecule has 0 aliphatic rings. The number of amides is 2. The molecule has 2 aromatic heterocycles. The van der Waals surface area contributed by atoms with Crippen LogP contribution in [-0.4, -0.2) is 20.4 Å². The third-order valence-electron chi connectivity index (χ3n) is 2.53. The number of rotatable bonds is 2. The van der Waals surface area contributed by atoms with Gasteiger partial charge in [-0.05, 0) is 18.6 Å². The molecule has 0 aliphatic heterocycles. The minimum atomic E-state index is -0.476. The number of aromatic nitrogens is 3. The first kappa shape index (κ1) is 12.9.